The highest BCUT2D eigenvalue weighted by molar-refractivity contribution is 6.33. The molecule has 4 nitrogen and oxygen atoms in total. The van der Waals surface area contributed by atoms with Gasteiger partial charge in [0.25, 0.3) is 5.91 Å². The van der Waals surface area contributed by atoms with Crippen molar-refractivity contribution in [3.8, 4) is 0 Å². The van der Waals surface area contributed by atoms with Crippen molar-refractivity contribution in [1.82, 2.24) is 9.88 Å². The molecule has 0 aromatic carbocycles. The van der Waals surface area contributed by atoms with Crippen molar-refractivity contribution in [3.05, 3.63) is 76.2 Å². The van der Waals surface area contributed by atoms with Gasteiger partial charge < -0.3 is 4.74 Å². The maximum atomic E-state index is 12.5. The lowest BCUT2D eigenvalue weighted by Crippen LogP contribution is -2.23. The van der Waals surface area contributed by atoms with Gasteiger partial charge >= 0.3 is 0 Å². The molecule has 2 heterocycles. The number of halogens is 2. The zero-order valence-electron chi connectivity index (χ0n) is 11.5. The van der Waals surface area contributed by atoms with Crippen LogP contribution in [0.25, 0.3) is 0 Å². The molecule has 0 N–H and O–H groups in total. The summed E-state index contributed by atoms with van der Waals surface area (Å²) in [5.41, 5.74) is 1.42. The van der Waals surface area contributed by atoms with Crippen LogP contribution < -0.4 is 0 Å². The molecule has 0 saturated heterocycles. The van der Waals surface area contributed by atoms with Gasteiger partial charge in [0.2, 0.25) is 0 Å². The molecule has 1 aromatic heterocycles. The third-order valence-corrected chi connectivity index (χ3v) is 3.63. The minimum Gasteiger partial charge on any atom is -0.462 e. The fraction of sp³-hybridized carbons (Fsp3) is 0.125. The molecule has 1 aliphatic heterocycles. The van der Waals surface area contributed by atoms with Crippen molar-refractivity contribution in [3.63, 3.8) is 0 Å². The van der Waals surface area contributed by atoms with Crippen molar-refractivity contribution in [2.45, 2.75) is 12.8 Å². The number of pyridine rings is 1. The molecule has 0 radical (unpaired) electrons. The largest absolute Gasteiger partial charge is 0.462 e. The highest BCUT2D eigenvalue weighted by Gasteiger charge is 2.19. The number of carbonyl (C=O) groups is 1. The van der Waals surface area contributed by atoms with Gasteiger partial charge in [-0.3, -0.25) is 9.69 Å². The van der Waals surface area contributed by atoms with Gasteiger partial charge in [-0.05, 0) is 30.5 Å². The van der Waals surface area contributed by atoms with Crippen molar-refractivity contribution >= 4 is 29.1 Å². The smallest absolute Gasteiger partial charge is 0.262 e. The van der Waals surface area contributed by atoms with Crippen LogP contribution in [0.4, 0.5) is 0 Å². The predicted molar refractivity (Wildman–Crippen MR) is 85.2 cm³/mol. The molecule has 6 heteroatoms. The van der Waals surface area contributed by atoms with Crippen LogP contribution in [-0.4, -0.2) is 15.8 Å². The van der Waals surface area contributed by atoms with E-state index in [1.807, 2.05) is 12.2 Å². The van der Waals surface area contributed by atoms with E-state index in [9.17, 15) is 4.79 Å². The maximum Gasteiger partial charge on any atom is 0.262 e. The maximum absolute atomic E-state index is 12.5. The number of rotatable bonds is 2. The summed E-state index contributed by atoms with van der Waals surface area (Å²) in [4.78, 5) is 17.8. The van der Waals surface area contributed by atoms with Crippen LogP contribution in [0.3, 0.4) is 0 Å². The Morgan fingerprint density at radius 1 is 1.27 bits per heavy atom. The van der Waals surface area contributed by atoms with Gasteiger partial charge in [-0.2, -0.15) is 0 Å². The third kappa shape index (κ3) is 3.24. The topological polar surface area (TPSA) is 42.4 Å². The average molecular weight is 335 g/mol. The molecule has 0 atom stereocenters. The SMILES string of the molecule is O=C(c1cc(Cl)nc(Cl)c1)N1C=COC(C2=CC=CCC2)=C1. The number of ether oxygens (including phenoxy) is 1. The monoisotopic (exact) mass is 334 g/mol. The third-order valence-electron chi connectivity index (χ3n) is 3.25. The zero-order chi connectivity index (χ0) is 15.5. The van der Waals surface area contributed by atoms with Gasteiger partial charge in [0, 0.05) is 11.8 Å². The molecule has 0 spiro atoms. The van der Waals surface area contributed by atoms with E-state index in [0.29, 0.717) is 11.3 Å². The Morgan fingerprint density at radius 2 is 2.05 bits per heavy atom. The summed E-state index contributed by atoms with van der Waals surface area (Å²) in [6.45, 7) is 0. The first-order chi connectivity index (χ1) is 10.6. The van der Waals surface area contributed by atoms with Crippen molar-refractivity contribution in [2.75, 3.05) is 0 Å². The second-order valence-corrected chi connectivity index (χ2v) is 5.54. The molecule has 0 fully saturated rings. The molecule has 1 amide bonds. The molecule has 1 aromatic rings. The van der Waals surface area contributed by atoms with Crippen LogP contribution in [0, 0.1) is 0 Å². The Bertz CT molecular complexity index is 715. The molecular weight excluding hydrogens is 323 g/mol. The number of aromatic nitrogens is 1. The van der Waals surface area contributed by atoms with Crippen molar-refractivity contribution in [2.24, 2.45) is 0 Å². The molecule has 0 unspecified atom stereocenters. The summed E-state index contributed by atoms with van der Waals surface area (Å²) < 4.78 is 5.50. The van der Waals surface area contributed by atoms with Gasteiger partial charge in [0.1, 0.15) is 22.3 Å². The number of allylic oxidation sites excluding steroid dienone is 4. The Morgan fingerprint density at radius 3 is 2.73 bits per heavy atom. The lowest BCUT2D eigenvalue weighted by Gasteiger charge is -2.22. The first kappa shape index (κ1) is 14.9. The van der Waals surface area contributed by atoms with E-state index < -0.39 is 0 Å². The van der Waals surface area contributed by atoms with Crippen LogP contribution in [0.15, 0.2) is 60.4 Å². The van der Waals surface area contributed by atoms with E-state index in [1.54, 1.807) is 12.4 Å². The van der Waals surface area contributed by atoms with Crippen LogP contribution in [0.2, 0.25) is 10.3 Å². The van der Waals surface area contributed by atoms with E-state index in [4.69, 9.17) is 27.9 Å². The molecule has 22 heavy (non-hydrogen) atoms. The Labute approximate surface area is 138 Å². The summed E-state index contributed by atoms with van der Waals surface area (Å²) in [7, 11) is 0. The van der Waals surface area contributed by atoms with Gasteiger partial charge in [0.05, 0.1) is 6.20 Å². The lowest BCUT2D eigenvalue weighted by molar-refractivity contribution is 0.0855. The lowest BCUT2D eigenvalue weighted by atomic mass is 10.0. The summed E-state index contributed by atoms with van der Waals surface area (Å²) in [6.07, 6.45) is 12.6. The minimum absolute atomic E-state index is 0.178. The first-order valence-electron chi connectivity index (χ1n) is 6.70. The number of amides is 1. The van der Waals surface area contributed by atoms with E-state index in [-0.39, 0.29) is 16.2 Å². The zero-order valence-corrected chi connectivity index (χ0v) is 13.0. The molecule has 1 aliphatic carbocycles. The van der Waals surface area contributed by atoms with Crippen molar-refractivity contribution < 1.29 is 9.53 Å². The van der Waals surface area contributed by atoms with Gasteiger partial charge in [0.15, 0.2) is 0 Å². The Balaban J connectivity index is 1.87. The summed E-state index contributed by atoms with van der Waals surface area (Å²) in [6, 6.07) is 2.96. The summed E-state index contributed by atoms with van der Waals surface area (Å²) in [5.74, 6) is 0.404. The molecule has 0 saturated carbocycles. The average Bonchev–Trinajstić information content (AvgIpc) is 2.54. The van der Waals surface area contributed by atoms with Crippen LogP contribution in [-0.2, 0) is 4.74 Å². The standard InChI is InChI=1S/C16H12Cl2N2O2/c17-14-8-12(9-15(18)19-14)16(21)20-6-7-22-13(10-20)11-4-2-1-3-5-11/h1-2,4,6-10H,3,5H2. The molecule has 3 rings (SSSR count). The number of hydrogen-bond donors (Lipinski definition) is 0. The summed E-state index contributed by atoms with van der Waals surface area (Å²) >= 11 is 11.7. The second kappa shape index (κ2) is 6.38. The Hall–Kier alpha value is -2.04. The quantitative estimate of drug-likeness (QED) is 0.750. The fourth-order valence-corrected chi connectivity index (χ4v) is 2.66. The van der Waals surface area contributed by atoms with Gasteiger partial charge in [-0.15, -0.1) is 0 Å². The van der Waals surface area contributed by atoms with Crippen LogP contribution in [0.5, 0.6) is 0 Å². The molecule has 2 aliphatic rings. The second-order valence-electron chi connectivity index (χ2n) is 4.77. The highest BCUT2D eigenvalue weighted by atomic mass is 35.5. The highest BCUT2D eigenvalue weighted by Crippen LogP contribution is 2.25. The summed E-state index contributed by atoms with van der Waals surface area (Å²) in [5, 5.41) is 0.356. The van der Waals surface area contributed by atoms with Crippen LogP contribution >= 0.6 is 23.2 Å². The number of hydrogen-bond acceptors (Lipinski definition) is 3. The molecule has 112 valence electrons. The number of carbonyl (C=O) groups excluding carboxylic acids is 1. The van der Waals surface area contributed by atoms with Crippen molar-refractivity contribution in [1.29, 1.82) is 0 Å². The first-order valence-corrected chi connectivity index (χ1v) is 7.46. The molecule has 0 bridgehead atoms. The van der Waals surface area contributed by atoms with Gasteiger partial charge in [-0.1, -0.05) is 41.4 Å². The minimum atomic E-state index is -0.254. The predicted octanol–water partition coefficient (Wildman–Crippen LogP) is 4.45. The fourth-order valence-electron chi connectivity index (χ4n) is 2.20. The normalized spacial score (nSPS) is 16.9. The van der Waals surface area contributed by atoms with Crippen LogP contribution in [0.1, 0.15) is 23.2 Å². The number of nitrogens with zero attached hydrogens (tertiary/aromatic N) is 2. The van der Waals surface area contributed by atoms with E-state index in [0.717, 1.165) is 18.4 Å². The molecular formula is C16H12Cl2N2O2. The van der Waals surface area contributed by atoms with E-state index in [1.165, 1.54) is 23.3 Å². The van der Waals surface area contributed by atoms with E-state index in [2.05, 4.69) is 11.1 Å². The van der Waals surface area contributed by atoms with Gasteiger partial charge in [-0.25, -0.2) is 4.98 Å². The van der Waals surface area contributed by atoms with E-state index >= 15 is 0 Å². The Kier molecular flexibility index (Phi) is 4.32.